The van der Waals surface area contributed by atoms with Crippen LogP contribution in [0.15, 0.2) is 0 Å². The molecule has 0 radical (unpaired) electrons. The second-order valence-electron chi connectivity index (χ2n) is 3.02. The number of hydrogen-bond donors (Lipinski definition) is 2. The first-order chi connectivity index (χ1) is 6.04. The standard InChI is InChI=1S/C5H10O2.C4H11NO/c1-2-3-4-5(6)7;1-5(2)3-4-6/h2-4H2,1H3,(H,6,7);6H,3-4H2,1-2H3. The Labute approximate surface area is 80.2 Å². The summed E-state index contributed by atoms with van der Waals surface area (Å²) < 4.78 is 0. The summed E-state index contributed by atoms with van der Waals surface area (Å²) in [5, 5.41) is 16.2. The molecule has 0 rings (SSSR count). The van der Waals surface area contributed by atoms with Crippen molar-refractivity contribution in [1.29, 1.82) is 0 Å². The Morgan fingerprint density at radius 3 is 2.00 bits per heavy atom. The van der Waals surface area contributed by atoms with Gasteiger partial charge in [0, 0.05) is 13.0 Å². The number of nitrogens with zero attached hydrogens (tertiary/aromatic N) is 1. The number of aliphatic carboxylic acids is 1. The Kier molecular flexibility index (Phi) is 13.0. The van der Waals surface area contributed by atoms with Crippen LogP contribution in [0.4, 0.5) is 0 Å². The van der Waals surface area contributed by atoms with Crippen molar-refractivity contribution in [3.8, 4) is 0 Å². The topological polar surface area (TPSA) is 60.8 Å². The lowest BCUT2D eigenvalue weighted by Gasteiger charge is -2.03. The van der Waals surface area contributed by atoms with Crippen LogP contribution in [-0.4, -0.2) is 48.3 Å². The molecular formula is C9H21NO3. The number of rotatable bonds is 5. The van der Waals surface area contributed by atoms with Crippen LogP contribution in [0.5, 0.6) is 0 Å². The van der Waals surface area contributed by atoms with Gasteiger partial charge in [-0.25, -0.2) is 0 Å². The maximum atomic E-state index is 9.76. The molecule has 0 aliphatic heterocycles. The van der Waals surface area contributed by atoms with Crippen molar-refractivity contribution in [2.75, 3.05) is 27.2 Å². The van der Waals surface area contributed by atoms with Crippen molar-refractivity contribution in [2.45, 2.75) is 26.2 Å². The van der Waals surface area contributed by atoms with Gasteiger partial charge in [0.05, 0.1) is 6.61 Å². The minimum atomic E-state index is -0.693. The summed E-state index contributed by atoms with van der Waals surface area (Å²) in [5.74, 6) is -0.693. The molecule has 2 N–H and O–H groups in total. The SMILES string of the molecule is CCCCC(=O)O.CN(C)CCO. The zero-order chi connectivity index (χ0) is 10.7. The zero-order valence-electron chi connectivity index (χ0n) is 8.79. The second-order valence-corrected chi connectivity index (χ2v) is 3.02. The van der Waals surface area contributed by atoms with Crippen LogP contribution < -0.4 is 0 Å². The molecule has 4 heteroatoms. The molecule has 80 valence electrons. The average molecular weight is 191 g/mol. The fourth-order valence-corrected chi connectivity index (χ4v) is 0.528. The molecule has 0 aliphatic rings. The van der Waals surface area contributed by atoms with Crippen LogP contribution in [0.1, 0.15) is 26.2 Å². The van der Waals surface area contributed by atoms with Gasteiger partial charge in [0.15, 0.2) is 0 Å². The fourth-order valence-electron chi connectivity index (χ4n) is 0.528. The van der Waals surface area contributed by atoms with Gasteiger partial charge in [0.2, 0.25) is 0 Å². The predicted molar refractivity (Wildman–Crippen MR) is 52.8 cm³/mol. The molecule has 0 saturated heterocycles. The summed E-state index contributed by atoms with van der Waals surface area (Å²) in [5.41, 5.74) is 0. The highest BCUT2D eigenvalue weighted by Gasteiger charge is 1.90. The van der Waals surface area contributed by atoms with Crippen molar-refractivity contribution < 1.29 is 15.0 Å². The van der Waals surface area contributed by atoms with Crippen LogP contribution in [-0.2, 0) is 4.79 Å². The number of aliphatic hydroxyl groups is 1. The van der Waals surface area contributed by atoms with Gasteiger partial charge in [-0.2, -0.15) is 0 Å². The van der Waals surface area contributed by atoms with E-state index in [1.165, 1.54) is 0 Å². The summed E-state index contributed by atoms with van der Waals surface area (Å²) in [6.45, 7) is 3.00. The minimum Gasteiger partial charge on any atom is -0.481 e. The van der Waals surface area contributed by atoms with Crippen LogP contribution in [0, 0.1) is 0 Å². The van der Waals surface area contributed by atoms with Crippen molar-refractivity contribution in [3.63, 3.8) is 0 Å². The number of hydrogen-bond acceptors (Lipinski definition) is 3. The van der Waals surface area contributed by atoms with Gasteiger partial charge >= 0.3 is 5.97 Å². The molecule has 4 nitrogen and oxygen atoms in total. The van der Waals surface area contributed by atoms with Gasteiger partial charge in [-0.05, 0) is 20.5 Å². The first kappa shape index (κ1) is 14.9. The number of carboxylic acid groups (broad SMARTS) is 1. The Bertz CT molecular complexity index is 115. The second kappa shape index (κ2) is 11.4. The number of aliphatic hydroxyl groups excluding tert-OH is 1. The molecule has 0 atom stereocenters. The van der Waals surface area contributed by atoms with Gasteiger partial charge in [0.25, 0.3) is 0 Å². The normalized spacial score (nSPS) is 9.31. The highest BCUT2D eigenvalue weighted by Crippen LogP contribution is 1.91. The van der Waals surface area contributed by atoms with E-state index in [0.717, 1.165) is 19.4 Å². The van der Waals surface area contributed by atoms with Crippen molar-refractivity contribution >= 4 is 5.97 Å². The van der Waals surface area contributed by atoms with E-state index in [2.05, 4.69) is 0 Å². The van der Waals surface area contributed by atoms with Gasteiger partial charge < -0.3 is 15.1 Å². The summed E-state index contributed by atoms with van der Waals surface area (Å²) in [7, 11) is 3.85. The molecular weight excluding hydrogens is 170 g/mol. The smallest absolute Gasteiger partial charge is 0.303 e. The first-order valence-electron chi connectivity index (χ1n) is 4.52. The number of unbranched alkanes of at least 4 members (excludes halogenated alkanes) is 1. The summed E-state index contributed by atoms with van der Waals surface area (Å²) >= 11 is 0. The summed E-state index contributed by atoms with van der Waals surface area (Å²) in [6, 6.07) is 0. The van der Waals surface area contributed by atoms with E-state index in [1.54, 1.807) is 0 Å². The molecule has 0 fully saturated rings. The van der Waals surface area contributed by atoms with Gasteiger partial charge in [-0.3, -0.25) is 4.79 Å². The van der Waals surface area contributed by atoms with Crippen molar-refractivity contribution in [2.24, 2.45) is 0 Å². The third-order valence-corrected chi connectivity index (χ3v) is 1.29. The van der Waals surface area contributed by atoms with E-state index >= 15 is 0 Å². The van der Waals surface area contributed by atoms with E-state index in [1.807, 2.05) is 25.9 Å². The summed E-state index contributed by atoms with van der Waals surface area (Å²) in [4.78, 5) is 11.7. The molecule has 0 amide bonds. The number of carboxylic acids is 1. The molecule has 13 heavy (non-hydrogen) atoms. The lowest BCUT2D eigenvalue weighted by atomic mass is 10.3. The molecule has 0 unspecified atom stereocenters. The molecule has 0 aliphatic carbocycles. The lowest BCUT2D eigenvalue weighted by molar-refractivity contribution is -0.137. The third-order valence-electron chi connectivity index (χ3n) is 1.29. The van der Waals surface area contributed by atoms with E-state index in [-0.39, 0.29) is 6.61 Å². The predicted octanol–water partition coefficient (Wildman–Crippen LogP) is 0.802. The summed E-state index contributed by atoms with van der Waals surface area (Å²) in [6.07, 6.45) is 2.08. The molecule has 0 saturated carbocycles. The maximum absolute atomic E-state index is 9.76. The van der Waals surface area contributed by atoms with Gasteiger partial charge in [0.1, 0.15) is 0 Å². The van der Waals surface area contributed by atoms with Crippen molar-refractivity contribution in [3.05, 3.63) is 0 Å². The largest absolute Gasteiger partial charge is 0.481 e. The van der Waals surface area contributed by atoms with Gasteiger partial charge in [-0.15, -0.1) is 0 Å². The van der Waals surface area contributed by atoms with E-state index < -0.39 is 5.97 Å². The lowest BCUT2D eigenvalue weighted by Crippen LogP contribution is -2.15. The first-order valence-corrected chi connectivity index (χ1v) is 4.52. The highest BCUT2D eigenvalue weighted by molar-refractivity contribution is 5.66. The van der Waals surface area contributed by atoms with Gasteiger partial charge in [-0.1, -0.05) is 13.3 Å². The molecule has 0 aromatic rings. The third kappa shape index (κ3) is 24.6. The number of likely N-dealkylation sites (N-methyl/N-ethyl adjacent to an activating group) is 1. The van der Waals surface area contributed by atoms with E-state index in [4.69, 9.17) is 10.2 Å². The van der Waals surface area contributed by atoms with Crippen molar-refractivity contribution in [1.82, 2.24) is 4.90 Å². The Morgan fingerprint density at radius 2 is 1.92 bits per heavy atom. The molecule has 0 spiro atoms. The average Bonchev–Trinajstić information content (AvgIpc) is 2.01. The van der Waals surface area contributed by atoms with Crippen LogP contribution >= 0.6 is 0 Å². The van der Waals surface area contributed by atoms with Crippen LogP contribution in [0.2, 0.25) is 0 Å². The van der Waals surface area contributed by atoms with E-state index in [0.29, 0.717) is 6.42 Å². The Hall–Kier alpha value is -0.610. The van der Waals surface area contributed by atoms with Crippen LogP contribution in [0.25, 0.3) is 0 Å². The Balaban J connectivity index is 0. The monoisotopic (exact) mass is 191 g/mol. The quantitative estimate of drug-likeness (QED) is 0.675. The fraction of sp³-hybridized carbons (Fsp3) is 0.889. The molecule has 0 heterocycles. The van der Waals surface area contributed by atoms with Crippen LogP contribution in [0.3, 0.4) is 0 Å². The zero-order valence-corrected chi connectivity index (χ0v) is 8.79. The number of carbonyl (C=O) groups is 1. The molecule has 0 bridgehead atoms. The molecule has 0 aromatic carbocycles. The molecule has 0 aromatic heterocycles. The maximum Gasteiger partial charge on any atom is 0.303 e. The minimum absolute atomic E-state index is 0.257. The van der Waals surface area contributed by atoms with E-state index in [9.17, 15) is 4.79 Å². The highest BCUT2D eigenvalue weighted by atomic mass is 16.4. The Morgan fingerprint density at radius 1 is 1.38 bits per heavy atom.